The predicted octanol–water partition coefficient (Wildman–Crippen LogP) is 4.85. The number of halogens is 1. The first-order valence-corrected chi connectivity index (χ1v) is 11.9. The van der Waals surface area contributed by atoms with Crippen LogP contribution in [-0.4, -0.2) is 24.2 Å². The van der Waals surface area contributed by atoms with Crippen molar-refractivity contribution < 1.29 is 19.4 Å². The van der Waals surface area contributed by atoms with Crippen molar-refractivity contribution in [3.05, 3.63) is 87.9 Å². The third-order valence-electron chi connectivity index (χ3n) is 6.43. The van der Waals surface area contributed by atoms with E-state index in [9.17, 15) is 14.7 Å². The maximum atomic E-state index is 13.9. The minimum atomic E-state index is -2.29. The number of nitrogens with one attached hydrogen (secondary N) is 2. The molecule has 8 heteroatoms. The summed E-state index contributed by atoms with van der Waals surface area (Å²) in [5.74, 6) is -0.180. The van der Waals surface area contributed by atoms with Crippen LogP contribution in [0.25, 0.3) is 0 Å². The van der Waals surface area contributed by atoms with Crippen molar-refractivity contribution in [2.45, 2.75) is 31.0 Å². The van der Waals surface area contributed by atoms with Crippen LogP contribution in [0.15, 0.2) is 71.2 Å². The number of carbonyl (C=O) groups is 2. The van der Waals surface area contributed by atoms with Gasteiger partial charge in [0, 0.05) is 16.1 Å². The molecule has 1 aliphatic heterocycles. The number of anilines is 2. The van der Waals surface area contributed by atoms with Crippen LogP contribution in [0.5, 0.6) is 5.75 Å². The van der Waals surface area contributed by atoms with E-state index in [0.29, 0.717) is 21.6 Å². The minimum Gasteiger partial charge on any atom is -0.497 e. The Labute approximate surface area is 205 Å². The zero-order chi connectivity index (χ0) is 23.9. The van der Waals surface area contributed by atoms with Gasteiger partial charge in [0.2, 0.25) is 0 Å². The molecule has 3 amide bonds. The molecular formula is C26H24BrN3O4. The van der Waals surface area contributed by atoms with Gasteiger partial charge in [-0.3, -0.25) is 9.69 Å². The molecule has 3 aromatic carbocycles. The maximum absolute atomic E-state index is 13.9. The van der Waals surface area contributed by atoms with Gasteiger partial charge in [-0.2, -0.15) is 0 Å². The van der Waals surface area contributed by atoms with E-state index in [-0.39, 0.29) is 11.6 Å². The number of hydrogen-bond acceptors (Lipinski definition) is 4. The van der Waals surface area contributed by atoms with Crippen molar-refractivity contribution in [2.24, 2.45) is 0 Å². The lowest BCUT2D eigenvalue weighted by atomic mass is 9.87. The molecule has 3 N–H and O–H groups in total. The van der Waals surface area contributed by atoms with E-state index in [1.165, 1.54) is 12.7 Å². The minimum absolute atomic E-state index is 0.269. The fraction of sp³-hybridized carbons (Fsp3) is 0.231. The highest BCUT2D eigenvalue weighted by molar-refractivity contribution is 9.10. The summed E-state index contributed by atoms with van der Waals surface area (Å²) in [5, 5.41) is 18.0. The van der Waals surface area contributed by atoms with Gasteiger partial charge in [-0.15, -0.1) is 0 Å². The largest absolute Gasteiger partial charge is 0.497 e. The van der Waals surface area contributed by atoms with Gasteiger partial charge >= 0.3 is 6.03 Å². The fourth-order valence-electron chi connectivity index (χ4n) is 4.79. The third-order valence-corrected chi connectivity index (χ3v) is 6.92. The van der Waals surface area contributed by atoms with E-state index in [2.05, 4.69) is 32.6 Å². The van der Waals surface area contributed by atoms with Crippen molar-refractivity contribution in [1.82, 2.24) is 5.32 Å². The van der Waals surface area contributed by atoms with Gasteiger partial charge in [-0.05, 0) is 60.7 Å². The van der Waals surface area contributed by atoms with Crippen molar-refractivity contribution in [3.63, 3.8) is 0 Å². The highest BCUT2D eigenvalue weighted by Gasteiger charge is 2.52. The lowest BCUT2D eigenvalue weighted by Gasteiger charge is -2.43. The molecule has 1 heterocycles. The smallest absolute Gasteiger partial charge is 0.329 e. The zero-order valence-corrected chi connectivity index (χ0v) is 20.1. The first kappa shape index (κ1) is 22.4. The van der Waals surface area contributed by atoms with Crippen LogP contribution in [0.2, 0.25) is 0 Å². The molecular weight excluding hydrogens is 498 g/mol. The number of ether oxygens (including phenoxy) is 1. The normalized spacial score (nSPS) is 21.2. The molecule has 1 aliphatic carbocycles. The molecule has 0 radical (unpaired) electrons. The van der Waals surface area contributed by atoms with Crippen LogP contribution in [-0.2, 0) is 16.9 Å². The van der Waals surface area contributed by atoms with E-state index in [4.69, 9.17) is 4.74 Å². The van der Waals surface area contributed by atoms with Crippen LogP contribution < -0.4 is 20.3 Å². The quantitative estimate of drug-likeness (QED) is 0.457. The summed E-state index contributed by atoms with van der Waals surface area (Å²) < 4.78 is 5.98. The Hall–Kier alpha value is -3.36. The number of aliphatic hydroxyl groups is 1. The Morgan fingerprint density at radius 2 is 2.00 bits per heavy atom. The van der Waals surface area contributed by atoms with Gasteiger partial charge in [0.25, 0.3) is 11.6 Å². The topological polar surface area (TPSA) is 90.9 Å². The lowest BCUT2D eigenvalue weighted by Crippen LogP contribution is -2.63. The Morgan fingerprint density at radius 1 is 1.18 bits per heavy atom. The van der Waals surface area contributed by atoms with Crippen molar-refractivity contribution >= 4 is 39.2 Å². The highest BCUT2D eigenvalue weighted by Crippen LogP contribution is 2.42. The first-order chi connectivity index (χ1) is 16.4. The number of carbonyl (C=O) groups excluding carboxylic acids is 2. The number of benzene rings is 3. The van der Waals surface area contributed by atoms with E-state index < -0.39 is 17.7 Å². The van der Waals surface area contributed by atoms with Crippen LogP contribution >= 0.6 is 15.9 Å². The summed E-state index contributed by atoms with van der Waals surface area (Å²) in [4.78, 5) is 28.3. The second-order valence-electron chi connectivity index (χ2n) is 8.45. The average Bonchev–Trinajstić information content (AvgIpc) is 2.85. The van der Waals surface area contributed by atoms with E-state index in [1.807, 2.05) is 18.2 Å². The molecule has 0 unspecified atom stereocenters. The van der Waals surface area contributed by atoms with Crippen molar-refractivity contribution in [3.8, 4) is 5.75 Å². The molecule has 2 aliphatic rings. The molecule has 0 aromatic heterocycles. The van der Waals surface area contributed by atoms with Gasteiger partial charge in [0.15, 0.2) is 0 Å². The summed E-state index contributed by atoms with van der Waals surface area (Å²) in [7, 11) is 1.52. The number of aryl methyl sites for hydroxylation is 1. The van der Waals surface area contributed by atoms with Crippen LogP contribution in [0.1, 0.15) is 35.6 Å². The first-order valence-electron chi connectivity index (χ1n) is 11.1. The summed E-state index contributed by atoms with van der Waals surface area (Å²) in [6, 6.07) is 18.9. The predicted molar refractivity (Wildman–Crippen MR) is 133 cm³/mol. The van der Waals surface area contributed by atoms with Crippen LogP contribution in [0.3, 0.4) is 0 Å². The molecule has 3 aromatic rings. The molecule has 7 nitrogen and oxygen atoms in total. The molecule has 34 heavy (non-hydrogen) atoms. The number of rotatable bonds is 4. The standard InChI is InChI=1S/C26H24BrN3O4/c1-34-19-9-5-8-18(15-19)30-25(32)29-23-13-12-17(27)14-21(23)26(30,33)24(31)28-22-11-4-7-16-6-2-3-10-20(16)22/h2-3,5-6,8-10,12-15,22,33H,4,7,11H2,1H3,(H,28,31)(H,29,32)/t22-,26+/m1/s1. The molecule has 0 saturated carbocycles. The molecule has 0 fully saturated rings. The van der Waals surface area contributed by atoms with E-state index >= 15 is 0 Å². The number of methoxy groups -OCH3 is 1. The van der Waals surface area contributed by atoms with Gasteiger partial charge in [0.05, 0.1) is 24.5 Å². The van der Waals surface area contributed by atoms with Crippen molar-refractivity contribution in [1.29, 1.82) is 0 Å². The zero-order valence-electron chi connectivity index (χ0n) is 18.5. The molecule has 2 atom stereocenters. The molecule has 0 saturated heterocycles. The average molecular weight is 522 g/mol. The number of urea groups is 1. The summed E-state index contributed by atoms with van der Waals surface area (Å²) in [5.41, 5.74) is 0.887. The Bertz CT molecular complexity index is 1280. The molecule has 5 rings (SSSR count). The number of fused-ring (bicyclic) bond motifs is 2. The van der Waals surface area contributed by atoms with Crippen LogP contribution in [0, 0.1) is 0 Å². The van der Waals surface area contributed by atoms with Gasteiger partial charge in [-0.25, -0.2) is 4.79 Å². The summed E-state index contributed by atoms with van der Waals surface area (Å²) >= 11 is 3.43. The monoisotopic (exact) mass is 521 g/mol. The SMILES string of the molecule is COc1cccc(N2C(=O)Nc3ccc(Br)cc3[C@]2(O)C(=O)N[C@@H]2CCCc3ccccc32)c1. The second-order valence-corrected chi connectivity index (χ2v) is 9.36. The third kappa shape index (κ3) is 3.73. The molecule has 0 spiro atoms. The summed E-state index contributed by atoms with van der Waals surface area (Å²) in [6.45, 7) is 0. The number of nitrogens with zero attached hydrogens (tertiary/aromatic N) is 1. The number of amides is 3. The van der Waals surface area contributed by atoms with Gasteiger partial charge in [0.1, 0.15) is 5.75 Å². The van der Waals surface area contributed by atoms with E-state index in [0.717, 1.165) is 29.7 Å². The maximum Gasteiger partial charge on any atom is 0.329 e. The summed E-state index contributed by atoms with van der Waals surface area (Å²) in [6.07, 6.45) is 2.61. The number of hydrogen-bond donors (Lipinski definition) is 3. The fourth-order valence-corrected chi connectivity index (χ4v) is 5.15. The van der Waals surface area contributed by atoms with Crippen LogP contribution in [0.4, 0.5) is 16.2 Å². The van der Waals surface area contributed by atoms with Crippen molar-refractivity contribution in [2.75, 3.05) is 17.3 Å². The Kier molecular flexibility index (Phi) is 5.79. The highest BCUT2D eigenvalue weighted by atomic mass is 79.9. The Balaban J connectivity index is 1.62. The molecule has 0 bridgehead atoms. The van der Waals surface area contributed by atoms with Gasteiger partial charge < -0.3 is 20.5 Å². The Morgan fingerprint density at radius 3 is 2.82 bits per heavy atom. The van der Waals surface area contributed by atoms with Gasteiger partial charge in [-0.1, -0.05) is 46.3 Å². The second kappa shape index (κ2) is 8.77. The van der Waals surface area contributed by atoms with E-state index in [1.54, 1.807) is 42.5 Å². The molecule has 174 valence electrons. The lowest BCUT2D eigenvalue weighted by molar-refractivity contribution is -0.141.